The van der Waals surface area contributed by atoms with Crippen LogP contribution in [0.25, 0.3) is 27.5 Å². The number of carbonyl (C=O) groups is 1. The number of aromatic nitrogens is 4. The van der Waals surface area contributed by atoms with Gasteiger partial charge < -0.3 is 10.4 Å². The van der Waals surface area contributed by atoms with E-state index in [1.807, 2.05) is 26.0 Å². The molecule has 2 N–H and O–H groups in total. The van der Waals surface area contributed by atoms with E-state index in [0.29, 0.717) is 27.8 Å². The molecule has 0 aliphatic carbocycles. The summed E-state index contributed by atoms with van der Waals surface area (Å²) in [4.78, 5) is 28.6. The zero-order valence-electron chi connectivity index (χ0n) is 19.3. The average Bonchev–Trinajstić information content (AvgIpc) is 3.28. The summed E-state index contributed by atoms with van der Waals surface area (Å²) in [6, 6.07) is 13.1. The lowest BCUT2D eigenvalue weighted by molar-refractivity contribution is 0.0698. The molecule has 5 rings (SSSR count). The number of aryl methyl sites for hydroxylation is 2. The zero-order valence-corrected chi connectivity index (χ0v) is 19.3. The number of benzene rings is 2. The molecule has 1 atom stereocenters. The van der Waals surface area contributed by atoms with E-state index in [2.05, 4.69) is 15.4 Å². The van der Waals surface area contributed by atoms with Crippen molar-refractivity contribution in [1.82, 2.24) is 19.3 Å². The minimum atomic E-state index is -1.03. The van der Waals surface area contributed by atoms with Gasteiger partial charge in [-0.25, -0.2) is 14.5 Å². The van der Waals surface area contributed by atoms with Gasteiger partial charge in [-0.1, -0.05) is 18.2 Å². The van der Waals surface area contributed by atoms with Crippen LogP contribution in [0.15, 0.2) is 65.7 Å². The van der Waals surface area contributed by atoms with E-state index < -0.39 is 11.9 Å². The van der Waals surface area contributed by atoms with Crippen LogP contribution in [0.4, 0.5) is 10.1 Å². The van der Waals surface area contributed by atoms with Crippen molar-refractivity contribution in [3.63, 3.8) is 0 Å². The molecule has 0 radical (unpaired) electrons. The standard InChI is InChI=1S/C26H22FN5O3/c1-14-10-18(15(2)29-21-7-5-4-6-17(21)26(34)35)23-19(11-14)25(33)31(3)24-20(23)13-32(30-24)16-8-9-28-22(27)12-16/h4-13,15,29H,1-3H3,(H,34,35). The summed E-state index contributed by atoms with van der Waals surface area (Å²) in [5.41, 5.74) is 3.07. The molecule has 8 nitrogen and oxygen atoms in total. The number of anilines is 1. The smallest absolute Gasteiger partial charge is 0.337 e. The maximum absolute atomic E-state index is 13.8. The normalized spacial score (nSPS) is 12.2. The molecule has 0 saturated heterocycles. The van der Waals surface area contributed by atoms with Gasteiger partial charge in [-0.2, -0.15) is 4.39 Å². The molecule has 176 valence electrons. The molecule has 0 aliphatic heterocycles. The molecular weight excluding hydrogens is 449 g/mol. The van der Waals surface area contributed by atoms with E-state index in [1.165, 1.54) is 27.6 Å². The number of carboxylic acids is 1. The Balaban J connectivity index is 1.75. The number of carboxylic acid groups (broad SMARTS) is 1. The quantitative estimate of drug-likeness (QED) is 0.364. The van der Waals surface area contributed by atoms with Gasteiger partial charge in [0.15, 0.2) is 5.65 Å². The molecule has 0 fully saturated rings. The highest BCUT2D eigenvalue weighted by Crippen LogP contribution is 2.33. The predicted octanol–water partition coefficient (Wildman–Crippen LogP) is 4.59. The summed E-state index contributed by atoms with van der Waals surface area (Å²) in [6.07, 6.45) is 3.12. The number of rotatable bonds is 5. The molecule has 0 saturated carbocycles. The lowest BCUT2D eigenvalue weighted by Gasteiger charge is -2.20. The zero-order chi connectivity index (χ0) is 24.9. The lowest BCUT2D eigenvalue weighted by atomic mass is 9.95. The fourth-order valence-electron chi connectivity index (χ4n) is 4.46. The third kappa shape index (κ3) is 3.80. The van der Waals surface area contributed by atoms with Crippen molar-refractivity contribution in [1.29, 1.82) is 0 Å². The Morgan fingerprint density at radius 3 is 2.66 bits per heavy atom. The van der Waals surface area contributed by atoms with Crippen molar-refractivity contribution in [2.45, 2.75) is 19.9 Å². The molecule has 0 amide bonds. The molecule has 0 bridgehead atoms. The second-order valence-electron chi connectivity index (χ2n) is 8.51. The van der Waals surface area contributed by atoms with Gasteiger partial charge in [-0.3, -0.25) is 9.36 Å². The number of aromatic carboxylic acids is 1. The van der Waals surface area contributed by atoms with Gasteiger partial charge >= 0.3 is 5.97 Å². The summed E-state index contributed by atoms with van der Waals surface area (Å²) in [5.74, 6) is -1.66. The maximum atomic E-state index is 13.8. The molecule has 2 aromatic carbocycles. The van der Waals surface area contributed by atoms with Gasteiger partial charge in [-0.05, 0) is 49.2 Å². The largest absolute Gasteiger partial charge is 0.478 e. The maximum Gasteiger partial charge on any atom is 0.337 e. The highest BCUT2D eigenvalue weighted by atomic mass is 19.1. The third-order valence-electron chi connectivity index (χ3n) is 6.10. The molecule has 0 spiro atoms. The fraction of sp³-hybridized carbons (Fsp3) is 0.154. The van der Waals surface area contributed by atoms with E-state index in [0.717, 1.165) is 16.5 Å². The first-order valence-electron chi connectivity index (χ1n) is 11.0. The minimum Gasteiger partial charge on any atom is -0.478 e. The molecule has 3 heterocycles. The molecule has 5 aromatic rings. The van der Waals surface area contributed by atoms with Crippen LogP contribution < -0.4 is 10.9 Å². The first kappa shape index (κ1) is 22.3. The van der Waals surface area contributed by atoms with Crippen LogP contribution in [-0.2, 0) is 7.05 Å². The van der Waals surface area contributed by atoms with Crippen molar-refractivity contribution in [2.75, 3.05) is 5.32 Å². The van der Waals surface area contributed by atoms with Crippen LogP contribution in [0.3, 0.4) is 0 Å². The van der Waals surface area contributed by atoms with Crippen LogP contribution in [0.5, 0.6) is 0 Å². The molecule has 1 unspecified atom stereocenters. The number of nitrogens with one attached hydrogen (secondary N) is 1. The summed E-state index contributed by atoms with van der Waals surface area (Å²) in [6.45, 7) is 3.83. The Kier molecular flexibility index (Phi) is 5.32. The summed E-state index contributed by atoms with van der Waals surface area (Å²) in [5, 5.41) is 19.4. The molecular formula is C26H22FN5O3. The van der Waals surface area contributed by atoms with Gasteiger partial charge in [-0.15, -0.1) is 5.10 Å². The van der Waals surface area contributed by atoms with Gasteiger partial charge in [0, 0.05) is 53.4 Å². The highest BCUT2D eigenvalue weighted by molar-refractivity contribution is 6.07. The third-order valence-corrected chi connectivity index (χ3v) is 6.10. The number of fused-ring (bicyclic) bond motifs is 3. The first-order chi connectivity index (χ1) is 16.7. The monoisotopic (exact) mass is 471 g/mol. The minimum absolute atomic E-state index is 0.157. The number of para-hydroxylation sites is 1. The topological polar surface area (TPSA) is 102 Å². The number of hydrogen-bond donors (Lipinski definition) is 2. The Bertz CT molecular complexity index is 1690. The number of halogens is 1. The molecule has 9 heteroatoms. The van der Waals surface area contributed by atoms with E-state index in [9.17, 15) is 19.1 Å². The Labute approximate surface area is 199 Å². The van der Waals surface area contributed by atoms with Crippen LogP contribution in [0, 0.1) is 12.9 Å². The van der Waals surface area contributed by atoms with Gasteiger partial charge in [0.1, 0.15) is 0 Å². The Morgan fingerprint density at radius 2 is 1.91 bits per heavy atom. The lowest BCUT2D eigenvalue weighted by Crippen LogP contribution is -2.19. The summed E-state index contributed by atoms with van der Waals surface area (Å²) >= 11 is 0. The second-order valence-corrected chi connectivity index (χ2v) is 8.51. The molecule has 0 aliphatic rings. The molecule has 35 heavy (non-hydrogen) atoms. The highest BCUT2D eigenvalue weighted by Gasteiger charge is 2.20. The average molecular weight is 471 g/mol. The fourth-order valence-corrected chi connectivity index (χ4v) is 4.46. The van der Waals surface area contributed by atoms with Crippen LogP contribution in [0.1, 0.15) is 34.5 Å². The Morgan fingerprint density at radius 1 is 1.14 bits per heavy atom. The SMILES string of the molecule is Cc1cc(C(C)Nc2ccccc2C(=O)O)c2c(c1)c(=O)n(C)c1nn(-c3ccnc(F)c3)cc21. The van der Waals surface area contributed by atoms with Crippen molar-refractivity contribution in [3.05, 3.63) is 93.9 Å². The molecule has 3 aromatic heterocycles. The van der Waals surface area contributed by atoms with Gasteiger partial charge in [0.25, 0.3) is 5.56 Å². The van der Waals surface area contributed by atoms with Crippen molar-refractivity contribution in [3.8, 4) is 5.69 Å². The summed E-state index contributed by atoms with van der Waals surface area (Å²) in [7, 11) is 1.65. The van der Waals surface area contributed by atoms with E-state index in [1.54, 1.807) is 37.5 Å². The van der Waals surface area contributed by atoms with E-state index in [-0.39, 0.29) is 17.2 Å². The summed E-state index contributed by atoms with van der Waals surface area (Å²) < 4.78 is 16.8. The number of nitrogens with zero attached hydrogens (tertiary/aromatic N) is 4. The van der Waals surface area contributed by atoms with Crippen LogP contribution >= 0.6 is 0 Å². The van der Waals surface area contributed by atoms with Gasteiger partial charge in [0.2, 0.25) is 5.95 Å². The van der Waals surface area contributed by atoms with E-state index >= 15 is 0 Å². The number of hydrogen-bond acceptors (Lipinski definition) is 5. The second kappa shape index (κ2) is 8.35. The Hall–Kier alpha value is -4.53. The first-order valence-corrected chi connectivity index (χ1v) is 11.0. The van der Waals surface area contributed by atoms with Crippen molar-refractivity contribution < 1.29 is 14.3 Å². The van der Waals surface area contributed by atoms with Crippen molar-refractivity contribution >= 4 is 33.5 Å². The predicted molar refractivity (Wildman–Crippen MR) is 132 cm³/mol. The van der Waals surface area contributed by atoms with E-state index in [4.69, 9.17) is 0 Å². The van der Waals surface area contributed by atoms with Crippen molar-refractivity contribution in [2.24, 2.45) is 7.05 Å². The van der Waals surface area contributed by atoms with Gasteiger partial charge in [0.05, 0.1) is 11.3 Å². The number of pyridine rings is 2. The van der Waals surface area contributed by atoms with Crippen LogP contribution in [0.2, 0.25) is 0 Å². The van der Waals surface area contributed by atoms with Crippen LogP contribution in [-0.4, -0.2) is 30.4 Å².